The minimum absolute atomic E-state index is 0.0330. The molecule has 3 rings (SSSR count). The first kappa shape index (κ1) is 13.9. The van der Waals surface area contributed by atoms with Crippen LogP contribution in [0.25, 0.3) is 0 Å². The molecule has 5 nitrogen and oxygen atoms in total. The predicted octanol–water partition coefficient (Wildman–Crippen LogP) is 1.46. The summed E-state index contributed by atoms with van der Waals surface area (Å²) in [5.74, 6) is 0.541. The molecule has 1 aromatic rings. The summed E-state index contributed by atoms with van der Waals surface area (Å²) in [7, 11) is 3.83. The molecule has 2 aliphatic rings. The highest BCUT2D eigenvalue weighted by molar-refractivity contribution is 6.34. The molecule has 1 aliphatic carbocycles. The van der Waals surface area contributed by atoms with Gasteiger partial charge in [-0.2, -0.15) is 5.10 Å². The minimum Gasteiger partial charge on any atom is -0.335 e. The highest BCUT2D eigenvalue weighted by atomic mass is 35.5. The van der Waals surface area contributed by atoms with Crippen molar-refractivity contribution in [1.29, 1.82) is 0 Å². The number of halogens is 1. The Morgan fingerprint density at radius 3 is 2.80 bits per heavy atom. The van der Waals surface area contributed by atoms with E-state index in [4.69, 9.17) is 11.6 Å². The van der Waals surface area contributed by atoms with E-state index in [1.54, 1.807) is 4.68 Å². The van der Waals surface area contributed by atoms with E-state index in [9.17, 15) is 4.79 Å². The Bertz CT molecular complexity index is 552. The summed E-state index contributed by atoms with van der Waals surface area (Å²) < 4.78 is 1.72. The molecule has 20 heavy (non-hydrogen) atoms. The molecule has 0 spiro atoms. The predicted molar refractivity (Wildman–Crippen MR) is 78.0 cm³/mol. The fourth-order valence-electron chi connectivity index (χ4n) is 3.61. The molecule has 1 amide bonds. The van der Waals surface area contributed by atoms with Crippen LogP contribution in [-0.2, 0) is 13.5 Å². The fourth-order valence-corrected chi connectivity index (χ4v) is 3.98. The third-order valence-electron chi connectivity index (χ3n) is 5.06. The zero-order valence-electron chi connectivity index (χ0n) is 12.2. The number of hydrogen-bond donors (Lipinski definition) is 1. The monoisotopic (exact) mass is 296 g/mol. The van der Waals surface area contributed by atoms with Crippen LogP contribution < -0.4 is 5.32 Å². The Morgan fingerprint density at radius 1 is 1.60 bits per heavy atom. The SMILES string of the molecule is CCc1c(Cl)c(C(=O)N2CC3CCC3(NC)C2)nn1C. The van der Waals surface area contributed by atoms with Crippen LogP contribution in [0, 0.1) is 5.92 Å². The van der Waals surface area contributed by atoms with Crippen molar-refractivity contribution < 1.29 is 4.79 Å². The highest BCUT2D eigenvalue weighted by Gasteiger charge is 2.53. The van der Waals surface area contributed by atoms with Crippen LogP contribution in [0.3, 0.4) is 0 Å². The van der Waals surface area contributed by atoms with Gasteiger partial charge in [-0.15, -0.1) is 0 Å². The average molecular weight is 297 g/mol. The van der Waals surface area contributed by atoms with Crippen LogP contribution in [0.2, 0.25) is 5.02 Å². The lowest BCUT2D eigenvalue weighted by atomic mass is 9.69. The lowest BCUT2D eigenvalue weighted by Gasteiger charge is -2.43. The Balaban J connectivity index is 1.84. The van der Waals surface area contributed by atoms with E-state index >= 15 is 0 Å². The van der Waals surface area contributed by atoms with E-state index in [0.717, 1.165) is 31.6 Å². The number of carbonyl (C=O) groups excluding carboxylic acids is 1. The maximum atomic E-state index is 12.7. The molecule has 2 unspecified atom stereocenters. The second-order valence-corrected chi connectivity index (χ2v) is 6.29. The maximum absolute atomic E-state index is 12.7. The maximum Gasteiger partial charge on any atom is 0.275 e. The van der Waals surface area contributed by atoms with E-state index in [-0.39, 0.29) is 11.4 Å². The van der Waals surface area contributed by atoms with Crippen LogP contribution in [0.1, 0.15) is 35.9 Å². The van der Waals surface area contributed by atoms with Gasteiger partial charge < -0.3 is 10.2 Å². The summed E-state index contributed by atoms with van der Waals surface area (Å²) in [4.78, 5) is 14.6. The van der Waals surface area contributed by atoms with Crippen molar-refractivity contribution in [3.05, 3.63) is 16.4 Å². The van der Waals surface area contributed by atoms with Crippen LogP contribution >= 0.6 is 11.6 Å². The number of nitrogens with one attached hydrogen (secondary N) is 1. The number of aryl methyl sites for hydroxylation is 1. The summed E-state index contributed by atoms with van der Waals surface area (Å²) in [6.45, 7) is 3.60. The molecule has 2 fully saturated rings. The zero-order valence-corrected chi connectivity index (χ0v) is 13.0. The topological polar surface area (TPSA) is 50.2 Å². The molecule has 0 aromatic carbocycles. The Morgan fingerprint density at radius 2 is 2.35 bits per heavy atom. The van der Waals surface area contributed by atoms with E-state index < -0.39 is 0 Å². The van der Waals surface area contributed by atoms with Gasteiger partial charge in [0, 0.05) is 25.7 Å². The smallest absolute Gasteiger partial charge is 0.275 e. The van der Waals surface area contributed by atoms with Crippen molar-refractivity contribution in [2.75, 3.05) is 20.1 Å². The summed E-state index contributed by atoms with van der Waals surface area (Å²) >= 11 is 6.31. The summed E-state index contributed by atoms with van der Waals surface area (Å²) in [5, 5.41) is 8.23. The summed E-state index contributed by atoms with van der Waals surface area (Å²) in [6.07, 6.45) is 3.12. The number of carbonyl (C=O) groups is 1. The van der Waals surface area contributed by atoms with Crippen molar-refractivity contribution in [2.45, 2.75) is 31.7 Å². The third kappa shape index (κ3) is 1.79. The first-order valence-electron chi connectivity index (χ1n) is 7.22. The van der Waals surface area contributed by atoms with Crippen LogP contribution in [-0.4, -0.2) is 46.3 Å². The van der Waals surface area contributed by atoms with Crippen molar-refractivity contribution in [2.24, 2.45) is 13.0 Å². The molecule has 2 atom stereocenters. The number of rotatable bonds is 3. The first-order chi connectivity index (χ1) is 9.52. The van der Waals surface area contributed by atoms with Crippen LogP contribution in [0.15, 0.2) is 0 Å². The van der Waals surface area contributed by atoms with Gasteiger partial charge in [0.05, 0.1) is 10.7 Å². The largest absolute Gasteiger partial charge is 0.335 e. The zero-order chi connectivity index (χ0) is 14.5. The Hall–Kier alpha value is -1.07. The standard InChI is InChI=1S/C14H21ClN4O/c1-4-10-11(15)12(17-18(10)3)13(20)19-7-9-5-6-14(9,8-19)16-2/h9,16H,4-8H2,1-3H3. The number of nitrogens with zero attached hydrogens (tertiary/aromatic N) is 3. The number of likely N-dealkylation sites (tertiary alicyclic amines) is 1. The van der Waals surface area contributed by atoms with Gasteiger partial charge in [0.2, 0.25) is 0 Å². The summed E-state index contributed by atoms with van der Waals surface area (Å²) in [5.41, 5.74) is 1.45. The second kappa shape index (κ2) is 4.74. The van der Waals surface area contributed by atoms with E-state index in [1.165, 1.54) is 6.42 Å². The lowest BCUT2D eigenvalue weighted by molar-refractivity contribution is 0.0775. The normalized spacial score (nSPS) is 28.4. The van der Waals surface area contributed by atoms with Gasteiger partial charge in [0.25, 0.3) is 5.91 Å². The molecule has 6 heteroatoms. The molecule has 0 bridgehead atoms. The molecule has 0 radical (unpaired) electrons. The van der Waals surface area contributed by atoms with Crippen molar-refractivity contribution in [3.8, 4) is 0 Å². The minimum atomic E-state index is -0.0330. The molecule has 1 aromatic heterocycles. The third-order valence-corrected chi connectivity index (χ3v) is 5.46. The molecule has 1 aliphatic heterocycles. The molecule has 1 N–H and O–H groups in total. The van der Waals surface area contributed by atoms with Crippen molar-refractivity contribution in [1.82, 2.24) is 20.0 Å². The molecular formula is C14H21ClN4O. The van der Waals surface area contributed by atoms with Gasteiger partial charge in [-0.3, -0.25) is 9.48 Å². The Kier molecular flexibility index (Phi) is 3.29. The average Bonchev–Trinajstić information content (AvgIpc) is 2.85. The van der Waals surface area contributed by atoms with Gasteiger partial charge in [-0.05, 0) is 32.2 Å². The van der Waals surface area contributed by atoms with Crippen LogP contribution in [0.5, 0.6) is 0 Å². The molecular weight excluding hydrogens is 276 g/mol. The van der Waals surface area contributed by atoms with E-state index in [2.05, 4.69) is 10.4 Å². The Labute approximate surface area is 124 Å². The molecule has 110 valence electrons. The number of aromatic nitrogens is 2. The van der Waals surface area contributed by atoms with Crippen molar-refractivity contribution in [3.63, 3.8) is 0 Å². The molecule has 2 heterocycles. The van der Waals surface area contributed by atoms with E-state index in [1.807, 2.05) is 25.9 Å². The number of fused-ring (bicyclic) bond motifs is 1. The van der Waals surface area contributed by atoms with Gasteiger partial charge in [-0.25, -0.2) is 0 Å². The van der Waals surface area contributed by atoms with Gasteiger partial charge >= 0.3 is 0 Å². The summed E-state index contributed by atoms with van der Waals surface area (Å²) in [6, 6.07) is 0. The number of hydrogen-bond acceptors (Lipinski definition) is 3. The van der Waals surface area contributed by atoms with E-state index in [0.29, 0.717) is 16.6 Å². The van der Waals surface area contributed by atoms with Gasteiger partial charge in [-0.1, -0.05) is 18.5 Å². The highest BCUT2D eigenvalue weighted by Crippen LogP contribution is 2.44. The van der Waals surface area contributed by atoms with Crippen LogP contribution in [0.4, 0.5) is 0 Å². The molecule has 1 saturated heterocycles. The van der Waals surface area contributed by atoms with Crippen molar-refractivity contribution >= 4 is 17.5 Å². The van der Waals surface area contributed by atoms with Gasteiger partial charge in [0.15, 0.2) is 5.69 Å². The number of amides is 1. The quantitative estimate of drug-likeness (QED) is 0.919. The fraction of sp³-hybridized carbons (Fsp3) is 0.714. The lowest BCUT2D eigenvalue weighted by Crippen LogP contribution is -2.56. The first-order valence-corrected chi connectivity index (χ1v) is 7.59. The number of likely N-dealkylation sites (N-methyl/N-ethyl adjacent to an activating group) is 1. The van der Waals surface area contributed by atoms with Gasteiger partial charge in [0.1, 0.15) is 0 Å². The molecule has 1 saturated carbocycles. The second-order valence-electron chi connectivity index (χ2n) is 5.91.